The molecule has 0 spiro atoms. The summed E-state index contributed by atoms with van der Waals surface area (Å²) in [6.45, 7) is 1.33. The minimum absolute atomic E-state index is 0.0854. The maximum absolute atomic E-state index is 12.2. The van der Waals surface area contributed by atoms with Crippen LogP contribution in [0.2, 0.25) is 0 Å². The van der Waals surface area contributed by atoms with E-state index in [0.29, 0.717) is 11.4 Å². The Morgan fingerprint density at radius 1 is 1.39 bits per heavy atom. The number of carbonyl (C=O) groups is 3. The number of hydrogen-bond donors (Lipinski definition) is 2. The summed E-state index contributed by atoms with van der Waals surface area (Å²) in [7, 11) is 0. The predicted octanol–water partition coefficient (Wildman–Crippen LogP) is 0.0179. The number of fused-ring (bicyclic) bond motifs is 1. The molecule has 124 valence electrons. The van der Waals surface area contributed by atoms with Crippen LogP contribution in [0.4, 0.5) is 5.69 Å². The molecule has 0 aliphatic carbocycles. The fourth-order valence-corrected chi connectivity index (χ4v) is 2.14. The highest BCUT2D eigenvalue weighted by atomic mass is 16.5. The van der Waals surface area contributed by atoms with Crippen molar-refractivity contribution in [2.45, 2.75) is 13.0 Å². The van der Waals surface area contributed by atoms with E-state index in [1.54, 1.807) is 31.2 Å². The van der Waals surface area contributed by atoms with Crippen LogP contribution in [0.3, 0.4) is 0 Å². The number of carboxylic acids is 1. The van der Waals surface area contributed by atoms with Gasteiger partial charge >= 0.3 is 5.97 Å². The van der Waals surface area contributed by atoms with E-state index in [2.05, 4.69) is 5.32 Å². The van der Waals surface area contributed by atoms with Gasteiger partial charge in [-0.15, -0.1) is 0 Å². The van der Waals surface area contributed by atoms with Gasteiger partial charge in [0.1, 0.15) is 18.9 Å². The zero-order chi connectivity index (χ0) is 16.8. The van der Waals surface area contributed by atoms with Gasteiger partial charge in [-0.2, -0.15) is 0 Å². The first-order valence-corrected chi connectivity index (χ1v) is 7.12. The molecule has 23 heavy (non-hydrogen) atoms. The molecule has 8 nitrogen and oxygen atoms in total. The lowest BCUT2D eigenvalue weighted by molar-refractivity contribution is -0.142. The predicted molar refractivity (Wildman–Crippen MR) is 80.3 cm³/mol. The first-order chi connectivity index (χ1) is 11.0. The first kappa shape index (κ1) is 16.8. The lowest BCUT2D eigenvalue weighted by Gasteiger charge is -2.32. The summed E-state index contributed by atoms with van der Waals surface area (Å²) >= 11 is 0. The highest BCUT2D eigenvalue weighted by molar-refractivity contribution is 6.03. The number of benzene rings is 1. The molecule has 2 rings (SSSR count). The lowest BCUT2D eigenvalue weighted by atomic mass is 10.2. The van der Waals surface area contributed by atoms with Gasteiger partial charge in [0.25, 0.3) is 5.91 Å². The van der Waals surface area contributed by atoms with Crippen LogP contribution in [0.15, 0.2) is 24.3 Å². The Morgan fingerprint density at radius 3 is 2.87 bits per heavy atom. The summed E-state index contributed by atoms with van der Waals surface area (Å²) in [4.78, 5) is 35.8. The standard InChI is InChI=1S/C15H18N2O6/c1-10-15(21)17(11-4-2-3-5-12(11)23-10)8-13(18)16-6-7-22-9-14(19)20/h2-5,10H,6-9H2,1H3,(H,16,18)(H,19,20). The number of nitrogens with one attached hydrogen (secondary N) is 1. The van der Waals surface area contributed by atoms with Gasteiger partial charge in [0.05, 0.1) is 12.3 Å². The molecular weight excluding hydrogens is 304 g/mol. The molecule has 1 atom stereocenters. The number of aliphatic carboxylic acids is 1. The molecular formula is C15H18N2O6. The summed E-state index contributed by atoms with van der Waals surface area (Å²) in [6, 6.07) is 7.00. The van der Waals surface area contributed by atoms with E-state index in [1.807, 2.05) is 0 Å². The third kappa shape index (κ3) is 4.43. The van der Waals surface area contributed by atoms with Crippen molar-refractivity contribution in [1.82, 2.24) is 5.32 Å². The second kappa shape index (κ2) is 7.59. The molecule has 0 radical (unpaired) electrons. The summed E-state index contributed by atoms with van der Waals surface area (Å²) in [5.74, 6) is -1.17. The SMILES string of the molecule is CC1Oc2ccccc2N(CC(=O)NCCOCC(=O)O)C1=O. The van der Waals surface area contributed by atoms with Crippen molar-refractivity contribution >= 4 is 23.5 Å². The maximum atomic E-state index is 12.2. The number of carbonyl (C=O) groups excluding carboxylic acids is 2. The van der Waals surface area contributed by atoms with Crippen LogP contribution in [-0.4, -0.2) is 55.3 Å². The van der Waals surface area contributed by atoms with E-state index in [9.17, 15) is 14.4 Å². The normalized spacial score (nSPS) is 16.5. The average molecular weight is 322 g/mol. The molecule has 0 saturated carbocycles. The van der Waals surface area contributed by atoms with Gasteiger partial charge in [-0.3, -0.25) is 14.5 Å². The molecule has 1 aliphatic rings. The van der Waals surface area contributed by atoms with Crippen molar-refractivity contribution in [3.8, 4) is 5.75 Å². The number of nitrogens with zero attached hydrogens (tertiary/aromatic N) is 1. The minimum Gasteiger partial charge on any atom is -0.480 e. The monoisotopic (exact) mass is 322 g/mol. The number of ether oxygens (including phenoxy) is 2. The van der Waals surface area contributed by atoms with Crippen molar-refractivity contribution in [2.24, 2.45) is 0 Å². The molecule has 1 aliphatic heterocycles. The van der Waals surface area contributed by atoms with Crippen LogP contribution in [0.1, 0.15) is 6.92 Å². The molecule has 2 amide bonds. The van der Waals surface area contributed by atoms with Crippen molar-refractivity contribution < 1.29 is 29.0 Å². The largest absolute Gasteiger partial charge is 0.480 e. The number of rotatable bonds is 7. The van der Waals surface area contributed by atoms with E-state index in [-0.39, 0.29) is 31.5 Å². The number of hydrogen-bond acceptors (Lipinski definition) is 5. The Bertz CT molecular complexity index is 603. The van der Waals surface area contributed by atoms with E-state index < -0.39 is 18.7 Å². The molecule has 1 heterocycles. The second-order valence-electron chi connectivity index (χ2n) is 4.95. The van der Waals surface area contributed by atoms with Crippen molar-refractivity contribution in [1.29, 1.82) is 0 Å². The zero-order valence-corrected chi connectivity index (χ0v) is 12.7. The van der Waals surface area contributed by atoms with Crippen molar-refractivity contribution in [2.75, 3.05) is 31.2 Å². The molecule has 1 aromatic rings. The van der Waals surface area contributed by atoms with Crippen LogP contribution in [-0.2, 0) is 19.1 Å². The number of para-hydroxylation sites is 2. The second-order valence-corrected chi connectivity index (χ2v) is 4.95. The Morgan fingerprint density at radius 2 is 2.13 bits per heavy atom. The van der Waals surface area contributed by atoms with E-state index >= 15 is 0 Å². The Hall–Kier alpha value is -2.61. The third-order valence-electron chi connectivity index (χ3n) is 3.17. The van der Waals surface area contributed by atoms with Gasteiger partial charge in [-0.25, -0.2) is 4.79 Å². The Labute approximate surface area is 133 Å². The fourth-order valence-electron chi connectivity index (χ4n) is 2.14. The van der Waals surface area contributed by atoms with Gasteiger partial charge in [0.2, 0.25) is 5.91 Å². The van der Waals surface area contributed by atoms with Gasteiger partial charge < -0.3 is 19.9 Å². The molecule has 0 aromatic heterocycles. The van der Waals surface area contributed by atoms with Crippen LogP contribution in [0, 0.1) is 0 Å². The molecule has 8 heteroatoms. The van der Waals surface area contributed by atoms with Gasteiger partial charge in [0.15, 0.2) is 6.10 Å². The molecule has 0 bridgehead atoms. The smallest absolute Gasteiger partial charge is 0.329 e. The lowest BCUT2D eigenvalue weighted by Crippen LogP contribution is -2.49. The topological polar surface area (TPSA) is 105 Å². The molecule has 2 N–H and O–H groups in total. The molecule has 1 unspecified atom stereocenters. The number of amides is 2. The Kier molecular flexibility index (Phi) is 5.53. The molecule has 0 fully saturated rings. The minimum atomic E-state index is -1.07. The Balaban J connectivity index is 1.89. The van der Waals surface area contributed by atoms with Crippen LogP contribution >= 0.6 is 0 Å². The highest BCUT2D eigenvalue weighted by Gasteiger charge is 2.32. The zero-order valence-electron chi connectivity index (χ0n) is 12.7. The van der Waals surface area contributed by atoms with E-state index in [0.717, 1.165) is 0 Å². The molecule has 1 aromatic carbocycles. The fraction of sp³-hybridized carbons (Fsp3) is 0.400. The van der Waals surface area contributed by atoms with Crippen molar-refractivity contribution in [3.05, 3.63) is 24.3 Å². The van der Waals surface area contributed by atoms with Gasteiger partial charge in [-0.05, 0) is 19.1 Å². The van der Waals surface area contributed by atoms with E-state index in [1.165, 1.54) is 4.90 Å². The van der Waals surface area contributed by atoms with Crippen LogP contribution in [0.5, 0.6) is 5.75 Å². The number of carboxylic acid groups (broad SMARTS) is 1. The summed E-state index contributed by atoms with van der Waals surface area (Å²) in [5, 5.41) is 11.0. The number of anilines is 1. The third-order valence-corrected chi connectivity index (χ3v) is 3.17. The summed E-state index contributed by atoms with van der Waals surface area (Å²) < 4.78 is 10.3. The summed E-state index contributed by atoms with van der Waals surface area (Å²) in [5.41, 5.74) is 0.549. The summed E-state index contributed by atoms with van der Waals surface area (Å²) in [6.07, 6.45) is -0.656. The van der Waals surface area contributed by atoms with Crippen LogP contribution in [0.25, 0.3) is 0 Å². The van der Waals surface area contributed by atoms with Gasteiger partial charge in [-0.1, -0.05) is 12.1 Å². The van der Waals surface area contributed by atoms with Crippen LogP contribution < -0.4 is 15.0 Å². The first-order valence-electron chi connectivity index (χ1n) is 7.12. The average Bonchev–Trinajstić information content (AvgIpc) is 2.51. The maximum Gasteiger partial charge on any atom is 0.329 e. The van der Waals surface area contributed by atoms with Gasteiger partial charge in [0, 0.05) is 6.54 Å². The van der Waals surface area contributed by atoms with Crippen molar-refractivity contribution in [3.63, 3.8) is 0 Å². The quantitative estimate of drug-likeness (QED) is 0.686. The molecule has 0 saturated heterocycles. The highest BCUT2D eigenvalue weighted by Crippen LogP contribution is 2.33. The van der Waals surface area contributed by atoms with E-state index in [4.69, 9.17) is 14.6 Å².